The van der Waals surface area contributed by atoms with E-state index < -0.39 is 0 Å². The molecular weight excluding hydrogens is 355 g/mol. The third kappa shape index (κ3) is 7.59. The topological polar surface area (TPSA) is 56.7 Å². The van der Waals surface area contributed by atoms with Crippen LogP contribution >= 0.6 is 24.0 Å². The highest BCUT2D eigenvalue weighted by Crippen LogP contribution is 2.28. The van der Waals surface area contributed by atoms with Crippen LogP contribution in [0.1, 0.15) is 32.6 Å². The Labute approximate surface area is 133 Å². The summed E-state index contributed by atoms with van der Waals surface area (Å²) >= 11 is 0. The summed E-state index contributed by atoms with van der Waals surface area (Å²) in [6.45, 7) is 4.57. The zero-order valence-electron chi connectivity index (χ0n) is 12.2. The lowest BCUT2D eigenvalue weighted by molar-refractivity contribution is -0.122. The Morgan fingerprint density at radius 3 is 2.47 bits per heavy atom. The molecule has 1 amide bonds. The predicted molar refractivity (Wildman–Crippen MR) is 90.0 cm³/mol. The molecule has 1 fully saturated rings. The Bertz CT molecular complexity index is 292. The average molecular weight is 382 g/mol. The van der Waals surface area contributed by atoms with Crippen LogP contribution in [-0.2, 0) is 4.79 Å². The van der Waals surface area contributed by atoms with Crippen LogP contribution in [0, 0.1) is 5.92 Å². The predicted octanol–water partition coefficient (Wildman–Crippen LogP) is 1.44. The second-order valence-corrected chi connectivity index (χ2v) is 4.81. The van der Waals surface area contributed by atoms with E-state index in [2.05, 4.69) is 27.4 Å². The van der Waals surface area contributed by atoms with Gasteiger partial charge in [-0.05, 0) is 19.3 Å². The second-order valence-electron chi connectivity index (χ2n) is 4.81. The molecule has 0 aromatic heterocycles. The van der Waals surface area contributed by atoms with Crippen molar-refractivity contribution < 1.29 is 4.79 Å². The Hall–Kier alpha value is -0.530. The number of carbonyl (C=O) groups excluding carboxylic acids is 1. The summed E-state index contributed by atoms with van der Waals surface area (Å²) in [5.41, 5.74) is 0. The maximum atomic E-state index is 11.4. The van der Waals surface area contributed by atoms with Crippen LogP contribution in [0.4, 0.5) is 0 Å². The van der Waals surface area contributed by atoms with Gasteiger partial charge in [0.15, 0.2) is 5.96 Å². The van der Waals surface area contributed by atoms with Crippen molar-refractivity contribution in [1.82, 2.24) is 15.5 Å². The van der Waals surface area contributed by atoms with Crippen molar-refractivity contribution in [3.05, 3.63) is 0 Å². The Balaban J connectivity index is 0.00000324. The molecule has 6 heteroatoms. The van der Waals surface area contributed by atoms with Gasteiger partial charge in [0.05, 0.1) is 0 Å². The average Bonchev–Trinajstić information content (AvgIpc) is 3.20. The van der Waals surface area contributed by atoms with Gasteiger partial charge in [0.1, 0.15) is 0 Å². The van der Waals surface area contributed by atoms with E-state index in [1.54, 1.807) is 7.05 Å². The quantitative estimate of drug-likeness (QED) is 0.303. The van der Waals surface area contributed by atoms with E-state index in [4.69, 9.17) is 0 Å². The molecule has 0 heterocycles. The Morgan fingerprint density at radius 2 is 1.95 bits per heavy atom. The summed E-state index contributed by atoms with van der Waals surface area (Å²) in [5.74, 6) is 1.38. The molecule has 5 nitrogen and oxygen atoms in total. The molecular formula is C13H27IN4O. The van der Waals surface area contributed by atoms with Gasteiger partial charge in [0.25, 0.3) is 0 Å². The van der Waals surface area contributed by atoms with Gasteiger partial charge in [-0.15, -0.1) is 24.0 Å². The van der Waals surface area contributed by atoms with E-state index in [9.17, 15) is 4.79 Å². The zero-order valence-corrected chi connectivity index (χ0v) is 14.6. The number of guanidine groups is 1. The normalized spacial score (nSPS) is 14.6. The highest BCUT2D eigenvalue weighted by molar-refractivity contribution is 14.0. The van der Waals surface area contributed by atoms with Crippen LogP contribution < -0.4 is 10.6 Å². The molecule has 0 saturated heterocycles. The van der Waals surface area contributed by atoms with Crippen molar-refractivity contribution >= 4 is 35.8 Å². The van der Waals surface area contributed by atoms with Crippen LogP contribution in [0.3, 0.4) is 0 Å². The Morgan fingerprint density at radius 1 is 1.32 bits per heavy atom. The molecule has 1 rings (SSSR count). The number of halogens is 1. The molecule has 1 aliphatic carbocycles. The number of nitrogens with one attached hydrogen (secondary N) is 2. The molecule has 2 N–H and O–H groups in total. The van der Waals surface area contributed by atoms with Crippen LogP contribution in [0.5, 0.6) is 0 Å². The van der Waals surface area contributed by atoms with E-state index in [1.807, 2.05) is 7.05 Å². The van der Waals surface area contributed by atoms with Gasteiger partial charge < -0.3 is 15.5 Å². The third-order valence-corrected chi connectivity index (χ3v) is 3.08. The first-order chi connectivity index (χ1) is 8.69. The summed E-state index contributed by atoms with van der Waals surface area (Å²) in [6.07, 6.45) is 4.45. The molecule has 1 saturated carbocycles. The molecule has 0 bridgehead atoms. The van der Waals surface area contributed by atoms with Crippen LogP contribution in [0.25, 0.3) is 0 Å². The van der Waals surface area contributed by atoms with Gasteiger partial charge in [-0.25, -0.2) is 0 Å². The van der Waals surface area contributed by atoms with Crippen LogP contribution in [0.15, 0.2) is 4.99 Å². The largest absolute Gasteiger partial charge is 0.354 e. The van der Waals surface area contributed by atoms with Crippen molar-refractivity contribution in [2.24, 2.45) is 10.9 Å². The summed E-state index contributed by atoms with van der Waals surface area (Å²) in [6, 6.07) is 0. The second kappa shape index (κ2) is 10.3. The number of carbonyl (C=O) groups is 1. The minimum absolute atomic E-state index is 0. The maximum absolute atomic E-state index is 11.4. The minimum Gasteiger partial charge on any atom is -0.354 e. The van der Waals surface area contributed by atoms with Crippen LogP contribution in [-0.4, -0.2) is 50.5 Å². The van der Waals surface area contributed by atoms with Crippen molar-refractivity contribution in [2.75, 3.05) is 33.7 Å². The molecule has 19 heavy (non-hydrogen) atoms. The molecule has 0 aromatic carbocycles. The fraction of sp³-hybridized carbons (Fsp3) is 0.846. The number of aliphatic imine (C=N–C) groups is 1. The molecule has 0 atom stereocenters. The molecule has 0 spiro atoms. The van der Waals surface area contributed by atoms with Crippen molar-refractivity contribution in [3.63, 3.8) is 0 Å². The van der Waals surface area contributed by atoms with E-state index >= 15 is 0 Å². The number of rotatable bonds is 7. The van der Waals surface area contributed by atoms with Crippen LogP contribution in [0.2, 0.25) is 0 Å². The molecule has 0 aromatic rings. The van der Waals surface area contributed by atoms with E-state index in [0.29, 0.717) is 6.54 Å². The maximum Gasteiger partial charge on any atom is 0.223 e. The highest BCUT2D eigenvalue weighted by Gasteiger charge is 2.28. The summed E-state index contributed by atoms with van der Waals surface area (Å²) in [7, 11) is 3.82. The summed E-state index contributed by atoms with van der Waals surface area (Å²) in [4.78, 5) is 17.8. The molecule has 0 unspecified atom stereocenters. The third-order valence-electron chi connectivity index (χ3n) is 3.08. The van der Waals surface area contributed by atoms with Crippen molar-refractivity contribution in [2.45, 2.75) is 32.6 Å². The minimum atomic E-state index is 0. The first kappa shape index (κ1) is 18.5. The van der Waals surface area contributed by atoms with Gasteiger partial charge in [-0.1, -0.05) is 13.3 Å². The first-order valence-corrected chi connectivity index (χ1v) is 6.88. The fourth-order valence-corrected chi connectivity index (χ4v) is 1.74. The monoisotopic (exact) mass is 382 g/mol. The Kier molecular flexibility index (Phi) is 9.99. The lowest BCUT2D eigenvalue weighted by Crippen LogP contribution is -2.43. The lowest BCUT2D eigenvalue weighted by atomic mass is 10.3. The fourth-order valence-electron chi connectivity index (χ4n) is 1.74. The zero-order chi connectivity index (χ0) is 13.4. The van der Waals surface area contributed by atoms with Gasteiger partial charge in [0.2, 0.25) is 5.91 Å². The number of amides is 1. The smallest absolute Gasteiger partial charge is 0.223 e. The van der Waals surface area contributed by atoms with Gasteiger partial charge in [-0.3, -0.25) is 9.79 Å². The summed E-state index contributed by atoms with van der Waals surface area (Å²) in [5, 5.41) is 6.19. The van der Waals surface area contributed by atoms with Crippen molar-refractivity contribution in [3.8, 4) is 0 Å². The molecule has 0 aliphatic heterocycles. The van der Waals surface area contributed by atoms with E-state index in [-0.39, 0.29) is 35.8 Å². The first-order valence-electron chi connectivity index (χ1n) is 6.88. The number of hydrogen-bond acceptors (Lipinski definition) is 2. The highest BCUT2D eigenvalue weighted by atomic mass is 127. The van der Waals surface area contributed by atoms with E-state index in [0.717, 1.165) is 38.3 Å². The summed E-state index contributed by atoms with van der Waals surface area (Å²) < 4.78 is 0. The SMILES string of the molecule is CCCCN(C)C(=NC)NCCNC(=O)C1CC1.I. The van der Waals surface area contributed by atoms with Gasteiger partial charge in [0, 0.05) is 39.6 Å². The standard InChI is InChI=1S/C13H26N4O.HI/c1-4-5-10-17(3)13(14-2)16-9-8-15-12(18)11-6-7-11;/h11H,4-10H2,1-3H3,(H,14,16)(H,15,18);1H. The molecule has 112 valence electrons. The van der Waals surface area contributed by atoms with Crippen molar-refractivity contribution in [1.29, 1.82) is 0 Å². The number of nitrogens with zero attached hydrogens (tertiary/aromatic N) is 2. The van der Waals surface area contributed by atoms with E-state index in [1.165, 1.54) is 6.42 Å². The van der Waals surface area contributed by atoms with Gasteiger partial charge in [-0.2, -0.15) is 0 Å². The van der Waals surface area contributed by atoms with Gasteiger partial charge >= 0.3 is 0 Å². The molecule has 0 radical (unpaired) electrons. The number of hydrogen-bond donors (Lipinski definition) is 2. The number of unbranched alkanes of at least 4 members (excludes halogenated alkanes) is 1. The lowest BCUT2D eigenvalue weighted by Gasteiger charge is -2.21. The molecule has 1 aliphatic rings.